The van der Waals surface area contributed by atoms with Gasteiger partial charge in [-0.1, -0.05) is 0 Å². The molecule has 2 rings (SSSR count). The number of hydrogen-bond acceptors (Lipinski definition) is 3. The molecule has 5 nitrogen and oxygen atoms in total. The molecule has 0 saturated heterocycles. The number of nitrogens with one attached hydrogen (secondary N) is 1. The van der Waals surface area contributed by atoms with Gasteiger partial charge in [0, 0.05) is 5.56 Å². The number of aromatic carboxylic acids is 1. The van der Waals surface area contributed by atoms with Gasteiger partial charge in [0.15, 0.2) is 11.6 Å². The van der Waals surface area contributed by atoms with E-state index in [2.05, 4.69) is 26.1 Å². The van der Waals surface area contributed by atoms with Gasteiger partial charge in [0.05, 0.1) is 17.3 Å². The summed E-state index contributed by atoms with van der Waals surface area (Å²) in [5, 5.41) is 14.6. The van der Waals surface area contributed by atoms with Crippen molar-refractivity contribution in [2.75, 3.05) is 7.11 Å². The first-order valence-corrected chi connectivity index (χ1v) is 5.75. The third kappa shape index (κ3) is 2.30. The van der Waals surface area contributed by atoms with Gasteiger partial charge in [-0.15, -0.1) is 0 Å². The van der Waals surface area contributed by atoms with Gasteiger partial charge in [0.2, 0.25) is 5.82 Å². The first kappa shape index (κ1) is 13.5. The Bertz CT molecular complexity index is 658. The number of methoxy groups -OCH3 is 1. The number of halogens is 3. The van der Waals surface area contributed by atoms with E-state index in [0.717, 1.165) is 6.07 Å². The predicted molar refractivity (Wildman–Crippen MR) is 65.2 cm³/mol. The number of carboxylic acids is 1. The zero-order valence-corrected chi connectivity index (χ0v) is 11.1. The summed E-state index contributed by atoms with van der Waals surface area (Å²) in [6, 6.07) is 2.37. The summed E-state index contributed by atoms with van der Waals surface area (Å²) in [4.78, 5) is 10.7. The minimum absolute atomic E-state index is 0.0165. The normalized spacial score (nSPS) is 10.5. The van der Waals surface area contributed by atoms with Crippen LogP contribution in [0.5, 0.6) is 5.75 Å². The van der Waals surface area contributed by atoms with E-state index in [1.54, 1.807) is 0 Å². The SMILES string of the molecule is COc1c(Br)cc(-c2cc(C(=O)O)[nH]n2)c(F)c1F. The van der Waals surface area contributed by atoms with Crippen LogP contribution in [0.25, 0.3) is 11.3 Å². The molecule has 0 fully saturated rings. The van der Waals surface area contributed by atoms with Crippen molar-refractivity contribution < 1.29 is 23.4 Å². The molecule has 0 radical (unpaired) electrons. The van der Waals surface area contributed by atoms with Crippen molar-refractivity contribution in [3.63, 3.8) is 0 Å². The first-order valence-electron chi connectivity index (χ1n) is 4.96. The molecule has 0 aliphatic carbocycles. The monoisotopic (exact) mass is 332 g/mol. The largest absolute Gasteiger partial charge is 0.492 e. The second kappa shape index (κ2) is 4.96. The molecule has 0 aliphatic rings. The van der Waals surface area contributed by atoms with Crippen molar-refractivity contribution in [2.24, 2.45) is 0 Å². The zero-order valence-electron chi connectivity index (χ0n) is 9.50. The first-order chi connectivity index (χ1) is 8.95. The molecule has 0 aliphatic heterocycles. The maximum absolute atomic E-state index is 13.8. The third-order valence-corrected chi connectivity index (χ3v) is 2.99. The number of aromatic amines is 1. The highest BCUT2D eigenvalue weighted by Crippen LogP contribution is 2.35. The minimum Gasteiger partial charge on any atom is -0.492 e. The average Bonchev–Trinajstić information content (AvgIpc) is 2.84. The van der Waals surface area contributed by atoms with E-state index in [-0.39, 0.29) is 27.2 Å². The van der Waals surface area contributed by atoms with Gasteiger partial charge < -0.3 is 9.84 Å². The number of carboxylic acid groups (broad SMARTS) is 1. The van der Waals surface area contributed by atoms with Gasteiger partial charge in [-0.2, -0.15) is 9.49 Å². The molecule has 0 saturated carbocycles. The van der Waals surface area contributed by atoms with E-state index in [4.69, 9.17) is 9.84 Å². The maximum atomic E-state index is 13.8. The van der Waals surface area contributed by atoms with Crippen LogP contribution in [-0.4, -0.2) is 28.4 Å². The molecule has 0 atom stereocenters. The number of nitrogens with zero attached hydrogens (tertiary/aromatic N) is 1. The van der Waals surface area contributed by atoms with Gasteiger partial charge >= 0.3 is 5.97 Å². The molecule has 0 amide bonds. The van der Waals surface area contributed by atoms with Crippen molar-refractivity contribution in [2.45, 2.75) is 0 Å². The Morgan fingerprint density at radius 3 is 2.63 bits per heavy atom. The highest BCUT2D eigenvalue weighted by molar-refractivity contribution is 9.10. The van der Waals surface area contributed by atoms with Crippen molar-refractivity contribution >= 4 is 21.9 Å². The molecule has 0 bridgehead atoms. The van der Waals surface area contributed by atoms with E-state index >= 15 is 0 Å². The van der Waals surface area contributed by atoms with Crippen LogP contribution in [-0.2, 0) is 0 Å². The van der Waals surface area contributed by atoms with Crippen LogP contribution in [0.4, 0.5) is 8.78 Å². The molecule has 100 valence electrons. The van der Waals surface area contributed by atoms with Crippen LogP contribution in [0, 0.1) is 11.6 Å². The Morgan fingerprint density at radius 2 is 2.11 bits per heavy atom. The van der Waals surface area contributed by atoms with E-state index < -0.39 is 17.6 Å². The number of H-pyrrole nitrogens is 1. The van der Waals surface area contributed by atoms with Crippen LogP contribution in [0.2, 0.25) is 0 Å². The summed E-state index contributed by atoms with van der Waals surface area (Å²) < 4.78 is 32.4. The smallest absolute Gasteiger partial charge is 0.353 e. The topological polar surface area (TPSA) is 75.2 Å². The molecule has 1 heterocycles. The molecular formula is C11H7BrF2N2O3. The molecule has 2 N–H and O–H groups in total. The standard InChI is InChI=1S/C11H7BrF2N2O3/c1-19-10-5(12)2-4(8(13)9(10)14)6-3-7(11(17)18)16-15-6/h2-3H,1H3,(H,15,16)(H,17,18). The van der Waals surface area contributed by atoms with E-state index in [1.165, 1.54) is 13.2 Å². The molecule has 2 aromatic rings. The molecule has 0 unspecified atom stereocenters. The number of aromatic nitrogens is 2. The van der Waals surface area contributed by atoms with Crippen molar-refractivity contribution in [3.05, 3.63) is 33.9 Å². The van der Waals surface area contributed by atoms with E-state index in [9.17, 15) is 13.6 Å². The van der Waals surface area contributed by atoms with E-state index in [1.807, 2.05) is 0 Å². The molecule has 1 aromatic carbocycles. The lowest BCUT2D eigenvalue weighted by atomic mass is 10.1. The molecule has 1 aromatic heterocycles. The van der Waals surface area contributed by atoms with Crippen LogP contribution < -0.4 is 4.74 Å². The summed E-state index contributed by atoms with van der Waals surface area (Å²) in [6.45, 7) is 0. The summed E-state index contributed by atoms with van der Waals surface area (Å²) in [7, 11) is 1.21. The van der Waals surface area contributed by atoms with Crippen molar-refractivity contribution in [3.8, 4) is 17.0 Å². The summed E-state index contributed by atoms with van der Waals surface area (Å²) in [5.41, 5.74) is -0.409. The fourth-order valence-electron chi connectivity index (χ4n) is 1.52. The van der Waals surface area contributed by atoms with Crippen LogP contribution in [0.3, 0.4) is 0 Å². The quantitative estimate of drug-likeness (QED) is 0.847. The number of ether oxygens (including phenoxy) is 1. The second-order valence-corrected chi connectivity index (χ2v) is 4.39. The Kier molecular flexibility index (Phi) is 3.52. The molecular weight excluding hydrogens is 326 g/mol. The molecule has 8 heteroatoms. The zero-order chi connectivity index (χ0) is 14.2. The molecule has 0 spiro atoms. The number of benzene rings is 1. The van der Waals surface area contributed by atoms with Gasteiger partial charge in [-0.25, -0.2) is 9.18 Å². The lowest BCUT2D eigenvalue weighted by molar-refractivity contribution is 0.0690. The number of rotatable bonds is 3. The third-order valence-electron chi connectivity index (χ3n) is 2.40. The van der Waals surface area contributed by atoms with Crippen LogP contribution in [0.15, 0.2) is 16.6 Å². The van der Waals surface area contributed by atoms with Crippen molar-refractivity contribution in [1.29, 1.82) is 0 Å². The fourth-order valence-corrected chi connectivity index (χ4v) is 2.09. The lowest BCUT2D eigenvalue weighted by Crippen LogP contribution is -1.97. The summed E-state index contributed by atoms with van der Waals surface area (Å²) >= 11 is 3.04. The lowest BCUT2D eigenvalue weighted by Gasteiger charge is -2.08. The Balaban J connectivity index is 2.59. The van der Waals surface area contributed by atoms with Gasteiger partial charge in [0.1, 0.15) is 5.69 Å². The second-order valence-electron chi connectivity index (χ2n) is 3.54. The average molecular weight is 333 g/mol. The van der Waals surface area contributed by atoms with Crippen molar-refractivity contribution in [1.82, 2.24) is 10.2 Å². The van der Waals surface area contributed by atoms with Crippen LogP contribution >= 0.6 is 15.9 Å². The van der Waals surface area contributed by atoms with Gasteiger partial charge in [-0.3, -0.25) is 5.10 Å². The minimum atomic E-state index is -1.24. The van der Waals surface area contributed by atoms with E-state index in [0.29, 0.717) is 0 Å². The summed E-state index contributed by atoms with van der Waals surface area (Å²) in [5.74, 6) is -3.85. The highest BCUT2D eigenvalue weighted by atomic mass is 79.9. The number of carbonyl (C=O) groups is 1. The Morgan fingerprint density at radius 1 is 1.42 bits per heavy atom. The Hall–Kier alpha value is -1.96. The van der Waals surface area contributed by atoms with Gasteiger partial charge in [0.25, 0.3) is 0 Å². The Labute approximate surface area is 114 Å². The van der Waals surface area contributed by atoms with Gasteiger partial charge in [-0.05, 0) is 28.1 Å². The number of hydrogen-bond donors (Lipinski definition) is 2. The predicted octanol–water partition coefficient (Wildman–Crippen LogP) is 2.82. The molecule has 19 heavy (non-hydrogen) atoms. The fraction of sp³-hybridized carbons (Fsp3) is 0.0909. The highest BCUT2D eigenvalue weighted by Gasteiger charge is 2.21. The maximum Gasteiger partial charge on any atom is 0.353 e. The summed E-state index contributed by atoms with van der Waals surface area (Å²) in [6.07, 6.45) is 0. The van der Waals surface area contributed by atoms with Crippen LogP contribution in [0.1, 0.15) is 10.5 Å².